The molecule has 4 nitrogen and oxygen atoms in total. The lowest BCUT2D eigenvalue weighted by atomic mass is 9.97. The Morgan fingerprint density at radius 1 is 1.32 bits per heavy atom. The third-order valence-corrected chi connectivity index (χ3v) is 4.87. The van der Waals surface area contributed by atoms with E-state index in [-0.39, 0.29) is 5.54 Å². The van der Waals surface area contributed by atoms with Gasteiger partial charge in [0.05, 0.1) is 6.07 Å². The minimum Gasteiger partial charge on any atom is -0.303 e. The molecule has 4 heteroatoms. The Morgan fingerprint density at radius 2 is 2.16 bits per heavy atom. The largest absolute Gasteiger partial charge is 0.303 e. The Hall–Kier alpha value is -0.630. The zero-order valence-corrected chi connectivity index (χ0v) is 12.5. The number of rotatable bonds is 6. The van der Waals surface area contributed by atoms with Crippen molar-refractivity contribution in [3.63, 3.8) is 0 Å². The van der Waals surface area contributed by atoms with Gasteiger partial charge in [0.25, 0.3) is 0 Å². The molecule has 2 aliphatic heterocycles. The molecular formula is C15H28N4. The van der Waals surface area contributed by atoms with Gasteiger partial charge in [0.1, 0.15) is 5.54 Å². The first kappa shape index (κ1) is 14.8. The van der Waals surface area contributed by atoms with Crippen molar-refractivity contribution < 1.29 is 0 Å². The van der Waals surface area contributed by atoms with Gasteiger partial charge in [0.15, 0.2) is 0 Å². The van der Waals surface area contributed by atoms with Gasteiger partial charge in [0, 0.05) is 25.7 Å². The van der Waals surface area contributed by atoms with Crippen LogP contribution in [0.4, 0.5) is 0 Å². The van der Waals surface area contributed by atoms with Gasteiger partial charge in [-0.25, -0.2) is 0 Å². The van der Waals surface area contributed by atoms with E-state index in [1.54, 1.807) is 0 Å². The minimum atomic E-state index is -0.343. The number of nitrogens with zero attached hydrogens (tertiary/aromatic N) is 3. The normalized spacial score (nSPS) is 27.7. The summed E-state index contributed by atoms with van der Waals surface area (Å²) < 4.78 is 0. The first-order chi connectivity index (χ1) is 9.17. The van der Waals surface area contributed by atoms with Gasteiger partial charge in [-0.15, -0.1) is 0 Å². The van der Waals surface area contributed by atoms with E-state index in [9.17, 15) is 0 Å². The Morgan fingerprint density at radius 3 is 2.89 bits per heavy atom. The summed E-state index contributed by atoms with van der Waals surface area (Å²) in [5, 5.41) is 12.2. The lowest BCUT2D eigenvalue weighted by Gasteiger charge is -2.37. The summed E-state index contributed by atoms with van der Waals surface area (Å²) in [5.74, 6) is 0. The first-order valence-electron chi connectivity index (χ1n) is 7.73. The van der Waals surface area contributed by atoms with Crippen molar-refractivity contribution in [2.45, 2.75) is 50.6 Å². The van der Waals surface area contributed by atoms with Gasteiger partial charge in [-0.1, -0.05) is 0 Å². The highest BCUT2D eigenvalue weighted by Crippen LogP contribution is 2.22. The average Bonchev–Trinajstić information content (AvgIpc) is 2.91. The van der Waals surface area contributed by atoms with Crippen LogP contribution in [0.15, 0.2) is 0 Å². The Balaban J connectivity index is 1.63. The monoisotopic (exact) mass is 264 g/mol. The van der Waals surface area contributed by atoms with E-state index in [1.807, 2.05) is 14.0 Å². The van der Waals surface area contributed by atoms with E-state index in [0.29, 0.717) is 0 Å². The van der Waals surface area contributed by atoms with Gasteiger partial charge < -0.3 is 10.2 Å². The average molecular weight is 264 g/mol. The molecule has 0 aromatic heterocycles. The van der Waals surface area contributed by atoms with E-state index in [1.165, 1.54) is 52.0 Å². The van der Waals surface area contributed by atoms with Gasteiger partial charge >= 0.3 is 0 Å². The highest BCUT2D eigenvalue weighted by Gasteiger charge is 2.30. The van der Waals surface area contributed by atoms with Crippen molar-refractivity contribution in [3.05, 3.63) is 0 Å². The van der Waals surface area contributed by atoms with Crippen LogP contribution in [0.1, 0.15) is 39.0 Å². The lowest BCUT2D eigenvalue weighted by molar-refractivity contribution is 0.103. The smallest absolute Gasteiger partial charge is 0.103 e. The molecule has 2 aliphatic rings. The Labute approximate surface area is 117 Å². The second-order valence-corrected chi connectivity index (χ2v) is 6.28. The second kappa shape index (κ2) is 6.69. The molecule has 2 atom stereocenters. The summed E-state index contributed by atoms with van der Waals surface area (Å²) in [7, 11) is 1.88. The zero-order chi connectivity index (χ0) is 13.7. The standard InChI is InChI=1S/C15H28N4/c1-15(13-16,17-2)7-3-4-8-18-10-11-19-9-5-6-14(19)12-18/h14,17H,3-12H2,1-2H3. The van der Waals surface area contributed by atoms with Crippen LogP contribution in [0.25, 0.3) is 0 Å². The predicted octanol–water partition coefficient (Wildman–Crippen LogP) is 1.44. The third-order valence-electron chi connectivity index (χ3n) is 4.87. The maximum atomic E-state index is 9.11. The fraction of sp³-hybridized carbons (Fsp3) is 0.933. The highest BCUT2D eigenvalue weighted by molar-refractivity contribution is 5.02. The molecule has 108 valence electrons. The number of unbranched alkanes of at least 4 members (excludes halogenated alkanes) is 1. The van der Waals surface area contributed by atoms with Gasteiger partial charge in [0.2, 0.25) is 0 Å². The van der Waals surface area contributed by atoms with Crippen LogP contribution in [0.5, 0.6) is 0 Å². The number of nitriles is 1. The van der Waals surface area contributed by atoms with Gasteiger partial charge in [-0.2, -0.15) is 5.26 Å². The third kappa shape index (κ3) is 3.92. The van der Waals surface area contributed by atoms with Crippen LogP contribution in [-0.4, -0.2) is 61.2 Å². The molecule has 2 fully saturated rings. The fourth-order valence-electron chi connectivity index (χ4n) is 3.31. The van der Waals surface area contributed by atoms with Crippen LogP contribution in [0.3, 0.4) is 0 Å². The van der Waals surface area contributed by atoms with Crippen LogP contribution in [0, 0.1) is 11.3 Å². The van der Waals surface area contributed by atoms with E-state index in [2.05, 4.69) is 21.2 Å². The molecule has 2 rings (SSSR count). The molecule has 0 aromatic carbocycles. The molecule has 2 saturated heterocycles. The number of hydrogen-bond donors (Lipinski definition) is 1. The highest BCUT2D eigenvalue weighted by atomic mass is 15.3. The van der Waals surface area contributed by atoms with Crippen LogP contribution in [0.2, 0.25) is 0 Å². The van der Waals surface area contributed by atoms with Crippen molar-refractivity contribution in [2.24, 2.45) is 0 Å². The van der Waals surface area contributed by atoms with Gasteiger partial charge in [-0.05, 0) is 59.2 Å². The van der Waals surface area contributed by atoms with Crippen LogP contribution < -0.4 is 5.32 Å². The van der Waals surface area contributed by atoms with Crippen molar-refractivity contribution in [1.29, 1.82) is 5.26 Å². The summed E-state index contributed by atoms with van der Waals surface area (Å²) in [5.41, 5.74) is -0.343. The first-order valence-corrected chi connectivity index (χ1v) is 7.73. The van der Waals surface area contributed by atoms with E-state index in [0.717, 1.165) is 18.9 Å². The quantitative estimate of drug-likeness (QED) is 0.737. The number of fused-ring (bicyclic) bond motifs is 1. The van der Waals surface area contributed by atoms with Gasteiger partial charge in [-0.3, -0.25) is 4.90 Å². The molecule has 0 saturated carbocycles. The van der Waals surface area contributed by atoms with E-state index in [4.69, 9.17) is 5.26 Å². The topological polar surface area (TPSA) is 42.3 Å². The minimum absolute atomic E-state index is 0.343. The van der Waals surface area contributed by atoms with Crippen molar-refractivity contribution >= 4 is 0 Å². The summed E-state index contributed by atoms with van der Waals surface area (Å²) in [6, 6.07) is 3.19. The predicted molar refractivity (Wildman–Crippen MR) is 78.0 cm³/mol. The molecule has 0 aliphatic carbocycles. The zero-order valence-electron chi connectivity index (χ0n) is 12.5. The lowest BCUT2D eigenvalue weighted by Crippen LogP contribution is -2.50. The molecule has 19 heavy (non-hydrogen) atoms. The molecule has 0 bridgehead atoms. The molecule has 0 aromatic rings. The number of hydrogen-bond acceptors (Lipinski definition) is 4. The fourth-order valence-corrected chi connectivity index (χ4v) is 3.31. The number of nitrogens with one attached hydrogen (secondary N) is 1. The summed E-state index contributed by atoms with van der Waals surface area (Å²) >= 11 is 0. The SMILES string of the molecule is CNC(C)(C#N)CCCCN1CCN2CCCC2C1. The van der Waals surface area contributed by atoms with E-state index < -0.39 is 0 Å². The molecule has 2 unspecified atom stereocenters. The summed E-state index contributed by atoms with van der Waals surface area (Å²) in [4.78, 5) is 5.28. The maximum absolute atomic E-state index is 9.11. The Kier molecular flexibility index (Phi) is 5.20. The van der Waals surface area contributed by atoms with Crippen molar-refractivity contribution in [3.8, 4) is 6.07 Å². The molecule has 2 heterocycles. The Bertz CT molecular complexity index is 325. The summed E-state index contributed by atoms with van der Waals surface area (Å²) in [6.07, 6.45) is 6.08. The van der Waals surface area contributed by atoms with Crippen LogP contribution in [-0.2, 0) is 0 Å². The molecule has 0 amide bonds. The number of piperazine rings is 1. The summed E-state index contributed by atoms with van der Waals surface area (Å²) in [6.45, 7) is 8.28. The maximum Gasteiger partial charge on any atom is 0.103 e. The second-order valence-electron chi connectivity index (χ2n) is 6.28. The van der Waals surface area contributed by atoms with E-state index >= 15 is 0 Å². The van der Waals surface area contributed by atoms with Crippen molar-refractivity contribution in [1.82, 2.24) is 15.1 Å². The van der Waals surface area contributed by atoms with Crippen LogP contribution >= 0.6 is 0 Å². The molecule has 0 spiro atoms. The molecular weight excluding hydrogens is 236 g/mol. The van der Waals surface area contributed by atoms with Crippen molar-refractivity contribution in [2.75, 3.05) is 39.8 Å². The molecule has 1 N–H and O–H groups in total. The molecule has 0 radical (unpaired) electrons.